The second-order valence-corrected chi connectivity index (χ2v) is 3.84. The van der Waals surface area contributed by atoms with Crippen LogP contribution in [-0.2, 0) is 9.59 Å². The molecule has 80 valence electrons. The number of halogens is 2. The van der Waals surface area contributed by atoms with Crippen LogP contribution in [0.4, 0.5) is 5.69 Å². The minimum Gasteiger partial charge on any atom is -0.317 e. The first-order valence-corrected chi connectivity index (χ1v) is 4.98. The molecule has 0 saturated heterocycles. The lowest BCUT2D eigenvalue weighted by atomic mass is 10.3. The highest BCUT2D eigenvalue weighted by Gasteiger charge is 2.13. The van der Waals surface area contributed by atoms with Crippen molar-refractivity contribution in [3.8, 4) is 0 Å². The lowest BCUT2D eigenvalue weighted by Crippen LogP contribution is -2.39. The van der Waals surface area contributed by atoms with Crippen molar-refractivity contribution >= 4 is 45.0 Å². The molecule has 0 bridgehead atoms. The number of hydrogen-bond donors (Lipinski definition) is 3. The van der Waals surface area contributed by atoms with Crippen LogP contribution in [0.1, 0.15) is 0 Å². The van der Waals surface area contributed by atoms with Crippen molar-refractivity contribution in [1.29, 1.82) is 0 Å². The second-order valence-electron chi connectivity index (χ2n) is 2.55. The van der Waals surface area contributed by atoms with Crippen LogP contribution in [0.5, 0.6) is 0 Å². The maximum Gasteiger partial charge on any atom is 0.323 e. The van der Waals surface area contributed by atoms with Crippen molar-refractivity contribution in [2.75, 3.05) is 5.32 Å². The van der Waals surface area contributed by atoms with Gasteiger partial charge in [-0.15, -0.1) is 0 Å². The smallest absolute Gasteiger partial charge is 0.317 e. The Bertz CT molecular complexity index is 411. The minimum absolute atomic E-state index is 0.438. The molecule has 5 nitrogen and oxygen atoms in total. The van der Waals surface area contributed by atoms with E-state index < -0.39 is 11.8 Å². The van der Waals surface area contributed by atoms with Crippen LogP contribution in [0.25, 0.3) is 0 Å². The molecule has 15 heavy (non-hydrogen) atoms. The van der Waals surface area contributed by atoms with Gasteiger partial charge in [0.2, 0.25) is 0 Å². The predicted octanol–water partition coefficient (Wildman–Crippen LogP) is 1.03. The SMILES string of the molecule is NNC(=O)C(=O)Nc1ccc(Cl)cc1Br. The Morgan fingerprint density at radius 2 is 2.00 bits per heavy atom. The summed E-state index contributed by atoms with van der Waals surface area (Å²) in [7, 11) is 0. The van der Waals surface area contributed by atoms with Crippen molar-refractivity contribution < 1.29 is 9.59 Å². The minimum atomic E-state index is -0.920. The fraction of sp³-hybridized carbons (Fsp3) is 0. The molecule has 7 heteroatoms. The fourth-order valence-electron chi connectivity index (χ4n) is 0.835. The highest BCUT2D eigenvalue weighted by molar-refractivity contribution is 9.10. The van der Waals surface area contributed by atoms with E-state index in [1.807, 2.05) is 0 Å². The summed E-state index contributed by atoms with van der Waals surface area (Å²) in [6, 6.07) is 4.74. The van der Waals surface area contributed by atoms with Crippen molar-refractivity contribution in [2.24, 2.45) is 5.84 Å². The zero-order valence-electron chi connectivity index (χ0n) is 7.38. The van der Waals surface area contributed by atoms with E-state index in [0.29, 0.717) is 15.2 Å². The van der Waals surface area contributed by atoms with Crippen LogP contribution in [0.15, 0.2) is 22.7 Å². The third kappa shape index (κ3) is 3.19. The predicted molar refractivity (Wildman–Crippen MR) is 60.1 cm³/mol. The number of benzene rings is 1. The summed E-state index contributed by atoms with van der Waals surface area (Å²) in [4.78, 5) is 21.9. The lowest BCUT2D eigenvalue weighted by molar-refractivity contribution is -0.136. The first-order chi connectivity index (χ1) is 7.04. The Morgan fingerprint density at radius 3 is 2.53 bits per heavy atom. The van der Waals surface area contributed by atoms with Crippen LogP contribution >= 0.6 is 27.5 Å². The molecular formula is C8H7BrClN3O2. The summed E-state index contributed by atoms with van der Waals surface area (Å²) >= 11 is 8.89. The molecule has 0 spiro atoms. The third-order valence-electron chi connectivity index (χ3n) is 1.52. The van der Waals surface area contributed by atoms with Gasteiger partial charge in [0, 0.05) is 9.50 Å². The van der Waals surface area contributed by atoms with Crippen LogP contribution in [0.3, 0.4) is 0 Å². The average Bonchev–Trinajstić information content (AvgIpc) is 2.20. The first-order valence-electron chi connectivity index (χ1n) is 3.81. The van der Waals surface area contributed by atoms with Gasteiger partial charge in [-0.25, -0.2) is 5.84 Å². The number of amides is 2. The summed E-state index contributed by atoms with van der Waals surface area (Å²) in [6.45, 7) is 0. The fourth-order valence-corrected chi connectivity index (χ4v) is 1.62. The van der Waals surface area contributed by atoms with Gasteiger partial charge in [-0.05, 0) is 34.1 Å². The van der Waals surface area contributed by atoms with Gasteiger partial charge in [-0.2, -0.15) is 0 Å². The number of nitrogens with one attached hydrogen (secondary N) is 2. The van der Waals surface area contributed by atoms with Crippen molar-refractivity contribution in [2.45, 2.75) is 0 Å². The highest BCUT2D eigenvalue weighted by atomic mass is 79.9. The molecule has 0 aromatic heterocycles. The van der Waals surface area contributed by atoms with Crippen LogP contribution in [-0.4, -0.2) is 11.8 Å². The molecule has 0 aliphatic rings. The molecule has 0 unspecified atom stereocenters. The van der Waals surface area contributed by atoms with Gasteiger partial charge in [0.15, 0.2) is 0 Å². The molecule has 0 atom stereocenters. The summed E-state index contributed by atoms with van der Waals surface area (Å²) in [5.74, 6) is 3.03. The molecule has 1 aromatic rings. The lowest BCUT2D eigenvalue weighted by Gasteiger charge is -2.06. The number of nitrogens with two attached hydrogens (primary N) is 1. The van der Waals surface area contributed by atoms with E-state index in [4.69, 9.17) is 17.4 Å². The van der Waals surface area contributed by atoms with Crippen molar-refractivity contribution in [1.82, 2.24) is 5.43 Å². The normalized spacial score (nSPS) is 9.53. The first kappa shape index (κ1) is 12.0. The number of rotatable bonds is 1. The molecule has 0 saturated carbocycles. The maximum absolute atomic E-state index is 11.1. The van der Waals surface area contributed by atoms with Crippen LogP contribution in [0, 0.1) is 0 Å². The summed E-state index contributed by atoms with van der Waals surface area (Å²) < 4.78 is 0.577. The zero-order valence-corrected chi connectivity index (χ0v) is 9.72. The van der Waals surface area contributed by atoms with Gasteiger partial charge in [-0.1, -0.05) is 11.6 Å². The zero-order chi connectivity index (χ0) is 11.4. The second kappa shape index (κ2) is 5.11. The van der Waals surface area contributed by atoms with Crippen molar-refractivity contribution in [3.63, 3.8) is 0 Å². The summed E-state index contributed by atoms with van der Waals surface area (Å²) in [5.41, 5.74) is 2.16. The maximum atomic E-state index is 11.1. The van der Waals surface area contributed by atoms with Gasteiger partial charge in [0.1, 0.15) is 0 Å². The molecule has 2 amide bonds. The van der Waals surface area contributed by atoms with Gasteiger partial charge < -0.3 is 5.32 Å². The Morgan fingerprint density at radius 1 is 1.33 bits per heavy atom. The van der Waals surface area contributed by atoms with E-state index in [-0.39, 0.29) is 0 Å². The Balaban J connectivity index is 2.81. The molecule has 0 aliphatic heterocycles. The molecule has 0 radical (unpaired) electrons. The standard InChI is InChI=1S/C8H7BrClN3O2/c9-5-3-4(10)1-2-6(5)12-7(14)8(15)13-11/h1-3H,11H2,(H,12,14)(H,13,15). The quantitative estimate of drug-likeness (QED) is 0.313. The number of carbonyl (C=O) groups excluding carboxylic acids is 2. The summed E-state index contributed by atoms with van der Waals surface area (Å²) in [6.07, 6.45) is 0. The summed E-state index contributed by atoms with van der Waals surface area (Å²) in [5, 5.41) is 2.87. The van der Waals surface area contributed by atoms with Crippen LogP contribution in [0.2, 0.25) is 5.02 Å². The Labute approximate surface area is 99.1 Å². The van der Waals surface area contributed by atoms with E-state index in [1.54, 1.807) is 23.6 Å². The van der Waals surface area contributed by atoms with Gasteiger partial charge in [0.25, 0.3) is 0 Å². The molecule has 1 aromatic carbocycles. The van der Waals surface area contributed by atoms with Gasteiger partial charge >= 0.3 is 11.8 Å². The van der Waals surface area contributed by atoms with E-state index in [9.17, 15) is 9.59 Å². The molecular weight excluding hydrogens is 285 g/mol. The number of hydrogen-bond acceptors (Lipinski definition) is 3. The number of anilines is 1. The Kier molecular flexibility index (Phi) is 4.07. The van der Waals surface area contributed by atoms with Gasteiger partial charge in [0.05, 0.1) is 5.69 Å². The van der Waals surface area contributed by atoms with Gasteiger partial charge in [-0.3, -0.25) is 15.0 Å². The topological polar surface area (TPSA) is 84.2 Å². The number of carbonyl (C=O) groups is 2. The average molecular weight is 293 g/mol. The van der Waals surface area contributed by atoms with E-state index >= 15 is 0 Å². The molecule has 0 aliphatic carbocycles. The van der Waals surface area contributed by atoms with E-state index in [2.05, 4.69) is 21.2 Å². The Hall–Kier alpha value is -1.11. The van der Waals surface area contributed by atoms with Crippen LogP contribution < -0.4 is 16.6 Å². The molecule has 0 heterocycles. The monoisotopic (exact) mass is 291 g/mol. The third-order valence-corrected chi connectivity index (χ3v) is 2.41. The largest absolute Gasteiger partial charge is 0.323 e. The van der Waals surface area contributed by atoms with E-state index in [0.717, 1.165) is 0 Å². The van der Waals surface area contributed by atoms with E-state index in [1.165, 1.54) is 0 Å². The molecule has 1 rings (SSSR count). The highest BCUT2D eigenvalue weighted by Crippen LogP contribution is 2.25. The number of hydrazine groups is 1. The molecule has 0 fully saturated rings. The molecule has 4 N–H and O–H groups in total. The van der Waals surface area contributed by atoms with Crippen molar-refractivity contribution in [3.05, 3.63) is 27.7 Å².